The molecule has 0 radical (unpaired) electrons. The number of ether oxygens (including phenoxy) is 1. The van der Waals surface area contributed by atoms with Gasteiger partial charge in [0.15, 0.2) is 0 Å². The number of amides is 1. The molecule has 1 aromatic carbocycles. The summed E-state index contributed by atoms with van der Waals surface area (Å²) in [5.41, 5.74) is 3.28. The van der Waals surface area contributed by atoms with Gasteiger partial charge in [0.1, 0.15) is 17.4 Å². The first-order valence-electron chi connectivity index (χ1n) is 10.1. The minimum absolute atomic E-state index is 0.195. The van der Waals surface area contributed by atoms with Crippen molar-refractivity contribution in [3.8, 4) is 5.75 Å². The zero-order valence-corrected chi connectivity index (χ0v) is 16.9. The van der Waals surface area contributed by atoms with E-state index in [4.69, 9.17) is 9.72 Å². The number of anilines is 1. The predicted octanol–water partition coefficient (Wildman–Crippen LogP) is 2.73. The van der Waals surface area contributed by atoms with Crippen LogP contribution in [0.25, 0.3) is 0 Å². The van der Waals surface area contributed by atoms with Gasteiger partial charge in [0.25, 0.3) is 0 Å². The highest BCUT2D eigenvalue weighted by Crippen LogP contribution is 2.26. The van der Waals surface area contributed by atoms with Gasteiger partial charge < -0.3 is 14.5 Å². The van der Waals surface area contributed by atoms with Crippen molar-refractivity contribution >= 4 is 11.7 Å². The molecule has 0 atom stereocenters. The van der Waals surface area contributed by atoms with Gasteiger partial charge in [-0.15, -0.1) is 0 Å². The summed E-state index contributed by atoms with van der Waals surface area (Å²) < 4.78 is 5.55. The summed E-state index contributed by atoms with van der Waals surface area (Å²) in [7, 11) is 0. The Morgan fingerprint density at radius 3 is 2.68 bits per heavy atom. The fourth-order valence-corrected chi connectivity index (χ4v) is 3.82. The molecule has 1 fully saturated rings. The second-order valence-corrected chi connectivity index (χ2v) is 7.97. The predicted molar refractivity (Wildman–Crippen MR) is 109 cm³/mol. The van der Waals surface area contributed by atoms with Crippen LogP contribution in [0.4, 0.5) is 5.82 Å². The third-order valence-corrected chi connectivity index (χ3v) is 5.44. The number of carbonyl (C=O) groups is 1. The minimum atomic E-state index is 0.195. The average molecular weight is 380 g/mol. The Morgan fingerprint density at radius 1 is 1.14 bits per heavy atom. The lowest BCUT2D eigenvalue weighted by atomic mass is 10.1. The fraction of sp³-hybridized carbons (Fsp3) is 0.500. The van der Waals surface area contributed by atoms with Crippen LogP contribution in [0.2, 0.25) is 0 Å². The zero-order valence-electron chi connectivity index (χ0n) is 16.9. The molecule has 4 rings (SSSR count). The number of hydrogen-bond acceptors (Lipinski definition) is 5. The van der Waals surface area contributed by atoms with Gasteiger partial charge in [0, 0.05) is 50.3 Å². The van der Waals surface area contributed by atoms with Gasteiger partial charge in [-0.05, 0) is 24.1 Å². The monoisotopic (exact) mass is 380 g/mol. The smallest absolute Gasteiger partial charge is 0.227 e. The zero-order chi connectivity index (χ0) is 19.7. The highest BCUT2D eigenvalue weighted by molar-refractivity contribution is 5.79. The summed E-state index contributed by atoms with van der Waals surface area (Å²) in [5.74, 6) is 3.32. The highest BCUT2D eigenvalue weighted by atomic mass is 16.5. The minimum Gasteiger partial charge on any atom is -0.493 e. The lowest BCUT2D eigenvalue weighted by Gasteiger charge is -2.35. The van der Waals surface area contributed by atoms with Crippen molar-refractivity contribution in [3.63, 3.8) is 0 Å². The average Bonchev–Trinajstić information content (AvgIpc) is 3.15. The van der Waals surface area contributed by atoms with Gasteiger partial charge in [-0.25, -0.2) is 9.97 Å². The molecular weight excluding hydrogens is 352 g/mol. The molecule has 3 heterocycles. The van der Waals surface area contributed by atoms with Crippen molar-refractivity contribution in [1.29, 1.82) is 0 Å². The first kappa shape index (κ1) is 18.7. The Hall–Kier alpha value is -2.63. The van der Waals surface area contributed by atoms with Crippen LogP contribution in [-0.4, -0.2) is 53.6 Å². The summed E-state index contributed by atoms with van der Waals surface area (Å²) >= 11 is 0. The van der Waals surface area contributed by atoms with Gasteiger partial charge in [-0.2, -0.15) is 0 Å². The summed E-state index contributed by atoms with van der Waals surface area (Å²) in [6, 6.07) is 8.16. The van der Waals surface area contributed by atoms with Crippen LogP contribution in [0.3, 0.4) is 0 Å². The van der Waals surface area contributed by atoms with E-state index in [1.165, 1.54) is 5.56 Å². The fourth-order valence-electron chi connectivity index (χ4n) is 3.82. The van der Waals surface area contributed by atoms with Crippen LogP contribution in [0.5, 0.6) is 5.75 Å². The van der Waals surface area contributed by atoms with Crippen LogP contribution in [0.1, 0.15) is 42.4 Å². The van der Waals surface area contributed by atoms with Crippen molar-refractivity contribution in [1.82, 2.24) is 14.9 Å². The number of aryl methyl sites for hydroxylation is 1. The molecule has 0 aliphatic carbocycles. The van der Waals surface area contributed by atoms with E-state index >= 15 is 0 Å². The quantitative estimate of drug-likeness (QED) is 0.816. The van der Waals surface area contributed by atoms with Crippen LogP contribution in [0, 0.1) is 6.92 Å². The number of carbonyl (C=O) groups excluding carboxylic acids is 1. The highest BCUT2D eigenvalue weighted by Gasteiger charge is 2.23. The first-order valence-corrected chi connectivity index (χ1v) is 10.1. The Labute approximate surface area is 166 Å². The molecule has 148 valence electrons. The molecule has 0 bridgehead atoms. The molecule has 1 amide bonds. The molecule has 6 heteroatoms. The van der Waals surface area contributed by atoms with E-state index in [-0.39, 0.29) is 5.91 Å². The van der Waals surface area contributed by atoms with E-state index in [1.54, 1.807) is 0 Å². The molecule has 0 saturated carbocycles. The number of rotatable bonds is 4. The van der Waals surface area contributed by atoms with Gasteiger partial charge in [0.05, 0.1) is 13.0 Å². The van der Waals surface area contributed by atoms with Crippen LogP contribution in [0.15, 0.2) is 24.3 Å². The molecule has 6 nitrogen and oxygen atoms in total. The Morgan fingerprint density at radius 2 is 1.93 bits per heavy atom. The van der Waals surface area contributed by atoms with Crippen molar-refractivity contribution in [2.45, 2.75) is 39.5 Å². The molecule has 2 aliphatic heterocycles. The van der Waals surface area contributed by atoms with E-state index < -0.39 is 0 Å². The van der Waals surface area contributed by atoms with E-state index in [0.717, 1.165) is 67.9 Å². The lowest BCUT2D eigenvalue weighted by Crippen LogP contribution is -2.49. The third kappa shape index (κ3) is 3.96. The number of piperazine rings is 1. The van der Waals surface area contributed by atoms with Gasteiger partial charge >= 0.3 is 0 Å². The van der Waals surface area contributed by atoms with Crippen LogP contribution >= 0.6 is 0 Å². The molecule has 2 aromatic rings. The molecule has 1 saturated heterocycles. The van der Waals surface area contributed by atoms with Crippen LogP contribution in [-0.2, 0) is 17.6 Å². The van der Waals surface area contributed by atoms with E-state index in [9.17, 15) is 4.79 Å². The molecular formula is C22H28N4O2. The van der Waals surface area contributed by atoms with E-state index in [0.29, 0.717) is 12.3 Å². The maximum absolute atomic E-state index is 12.8. The lowest BCUT2D eigenvalue weighted by molar-refractivity contribution is -0.130. The van der Waals surface area contributed by atoms with Gasteiger partial charge in [-0.1, -0.05) is 26.0 Å². The Balaban J connectivity index is 1.37. The Bertz CT molecular complexity index is 873. The second-order valence-electron chi connectivity index (χ2n) is 7.97. The topological polar surface area (TPSA) is 58.6 Å². The summed E-state index contributed by atoms with van der Waals surface area (Å²) in [6.07, 6.45) is 1.39. The maximum atomic E-state index is 12.8. The molecule has 1 aromatic heterocycles. The number of benzene rings is 1. The Kier molecular flexibility index (Phi) is 5.20. The van der Waals surface area contributed by atoms with Crippen molar-refractivity contribution in [2.75, 3.05) is 37.7 Å². The number of nitrogens with zero attached hydrogens (tertiary/aromatic N) is 4. The van der Waals surface area contributed by atoms with E-state index in [2.05, 4.69) is 29.8 Å². The van der Waals surface area contributed by atoms with Crippen LogP contribution < -0.4 is 9.64 Å². The van der Waals surface area contributed by atoms with E-state index in [1.807, 2.05) is 30.0 Å². The molecule has 0 spiro atoms. The number of fused-ring (bicyclic) bond motifs is 1. The number of aromatic nitrogens is 2. The SMILES string of the molecule is Cc1cc(N2CCN(C(=O)Cc3ccc4c(c3)CCO4)CC2)nc(C(C)C)n1. The summed E-state index contributed by atoms with van der Waals surface area (Å²) in [5, 5.41) is 0. The molecule has 28 heavy (non-hydrogen) atoms. The molecule has 2 aliphatic rings. The summed E-state index contributed by atoms with van der Waals surface area (Å²) in [4.78, 5) is 26.2. The molecule has 0 unspecified atom stereocenters. The first-order chi connectivity index (χ1) is 13.5. The summed E-state index contributed by atoms with van der Waals surface area (Å²) in [6.45, 7) is 10.0. The second kappa shape index (κ2) is 7.78. The number of hydrogen-bond donors (Lipinski definition) is 0. The van der Waals surface area contributed by atoms with Crippen molar-refractivity contribution in [2.24, 2.45) is 0 Å². The maximum Gasteiger partial charge on any atom is 0.227 e. The third-order valence-electron chi connectivity index (χ3n) is 5.44. The van der Waals surface area contributed by atoms with Gasteiger partial charge in [-0.3, -0.25) is 4.79 Å². The van der Waals surface area contributed by atoms with Crippen molar-refractivity contribution < 1.29 is 9.53 Å². The molecule has 0 N–H and O–H groups in total. The van der Waals surface area contributed by atoms with Crippen molar-refractivity contribution in [3.05, 3.63) is 46.9 Å². The van der Waals surface area contributed by atoms with Gasteiger partial charge in [0.2, 0.25) is 5.91 Å². The normalized spacial score (nSPS) is 16.3. The largest absolute Gasteiger partial charge is 0.493 e. The standard InChI is InChI=1S/C22H28N4O2/c1-15(2)22-23-16(3)12-20(24-22)25-7-9-26(10-8-25)21(27)14-17-4-5-19-18(13-17)6-11-28-19/h4-5,12-13,15H,6-11,14H2,1-3H3.